The Kier molecular flexibility index (Phi) is 5.20. The molecule has 124 valence electrons. The Bertz CT molecular complexity index is 655. The SMILES string of the molecule is CC(C)c1nc(NCCO)cc(-c2ccc(C(F)(F)F)cc2)n1. The van der Waals surface area contributed by atoms with Crippen molar-refractivity contribution in [3.63, 3.8) is 0 Å². The van der Waals surface area contributed by atoms with Crippen LogP contribution in [-0.4, -0.2) is 28.2 Å². The van der Waals surface area contributed by atoms with Crippen molar-refractivity contribution in [2.75, 3.05) is 18.5 Å². The van der Waals surface area contributed by atoms with E-state index in [1.807, 2.05) is 13.8 Å². The lowest BCUT2D eigenvalue weighted by Crippen LogP contribution is -2.10. The minimum Gasteiger partial charge on any atom is -0.395 e. The number of hydrogen-bond donors (Lipinski definition) is 2. The fourth-order valence-electron chi connectivity index (χ4n) is 1.98. The standard InChI is InChI=1S/C16H18F3N3O/c1-10(2)15-21-13(9-14(22-15)20-7-8-23)11-3-5-12(6-4-11)16(17,18)19/h3-6,9-10,23H,7-8H2,1-2H3,(H,20,21,22). The van der Waals surface area contributed by atoms with Gasteiger partial charge in [0.1, 0.15) is 11.6 Å². The first kappa shape index (κ1) is 17.2. The lowest BCUT2D eigenvalue weighted by atomic mass is 10.1. The molecule has 0 bridgehead atoms. The van der Waals surface area contributed by atoms with E-state index in [4.69, 9.17) is 5.11 Å². The molecule has 0 aliphatic heterocycles. The van der Waals surface area contributed by atoms with Gasteiger partial charge in [0.15, 0.2) is 0 Å². The van der Waals surface area contributed by atoms with Crippen LogP contribution in [0, 0.1) is 0 Å². The number of nitrogens with zero attached hydrogens (tertiary/aromatic N) is 2. The topological polar surface area (TPSA) is 58.0 Å². The van der Waals surface area contributed by atoms with Crippen LogP contribution in [0.1, 0.15) is 31.2 Å². The van der Waals surface area contributed by atoms with E-state index in [1.165, 1.54) is 12.1 Å². The van der Waals surface area contributed by atoms with E-state index in [0.29, 0.717) is 29.4 Å². The molecule has 0 fully saturated rings. The molecular formula is C16H18F3N3O. The van der Waals surface area contributed by atoms with Crippen LogP contribution < -0.4 is 5.32 Å². The van der Waals surface area contributed by atoms with E-state index in [-0.39, 0.29) is 12.5 Å². The number of hydrogen-bond acceptors (Lipinski definition) is 4. The van der Waals surface area contributed by atoms with Gasteiger partial charge in [-0.2, -0.15) is 13.2 Å². The third-order valence-corrected chi connectivity index (χ3v) is 3.19. The fraction of sp³-hybridized carbons (Fsp3) is 0.375. The second-order valence-electron chi connectivity index (χ2n) is 5.38. The maximum Gasteiger partial charge on any atom is 0.416 e. The highest BCUT2D eigenvalue weighted by Crippen LogP contribution is 2.31. The zero-order valence-electron chi connectivity index (χ0n) is 12.9. The molecule has 7 heteroatoms. The molecule has 0 aliphatic carbocycles. The maximum absolute atomic E-state index is 12.6. The molecule has 2 N–H and O–H groups in total. The van der Waals surface area contributed by atoms with E-state index < -0.39 is 11.7 Å². The van der Waals surface area contributed by atoms with Gasteiger partial charge in [-0.1, -0.05) is 26.0 Å². The maximum atomic E-state index is 12.6. The van der Waals surface area contributed by atoms with E-state index in [0.717, 1.165) is 12.1 Å². The van der Waals surface area contributed by atoms with E-state index in [1.54, 1.807) is 6.07 Å². The van der Waals surface area contributed by atoms with E-state index in [2.05, 4.69) is 15.3 Å². The summed E-state index contributed by atoms with van der Waals surface area (Å²) in [4.78, 5) is 8.75. The lowest BCUT2D eigenvalue weighted by Gasteiger charge is -2.12. The summed E-state index contributed by atoms with van der Waals surface area (Å²) in [7, 11) is 0. The number of alkyl halides is 3. The number of aliphatic hydroxyl groups is 1. The fourth-order valence-corrected chi connectivity index (χ4v) is 1.98. The van der Waals surface area contributed by atoms with Gasteiger partial charge in [-0.05, 0) is 12.1 Å². The second-order valence-corrected chi connectivity index (χ2v) is 5.38. The summed E-state index contributed by atoms with van der Waals surface area (Å²) >= 11 is 0. The monoisotopic (exact) mass is 325 g/mol. The Morgan fingerprint density at radius 2 is 1.78 bits per heavy atom. The number of aliphatic hydroxyl groups excluding tert-OH is 1. The molecule has 0 saturated carbocycles. The number of halogens is 3. The number of anilines is 1. The average Bonchev–Trinajstić information content (AvgIpc) is 2.52. The van der Waals surface area contributed by atoms with E-state index in [9.17, 15) is 13.2 Å². The predicted molar refractivity (Wildman–Crippen MR) is 82.1 cm³/mol. The number of rotatable bonds is 5. The van der Waals surface area contributed by atoms with Gasteiger partial charge >= 0.3 is 6.18 Å². The average molecular weight is 325 g/mol. The second kappa shape index (κ2) is 6.95. The third-order valence-electron chi connectivity index (χ3n) is 3.19. The molecule has 1 aromatic carbocycles. The van der Waals surface area contributed by atoms with Crippen LogP contribution in [0.5, 0.6) is 0 Å². The summed E-state index contributed by atoms with van der Waals surface area (Å²) in [6, 6.07) is 6.51. The molecule has 0 amide bonds. The first-order valence-corrected chi connectivity index (χ1v) is 7.22. The highest BCUT2D eigenvalue weighted by molar-refractivity contribution is 5.63. The molecule has 0 saturated heterocycles. The lowest BCUT2D eigenvalue weighted by molar-refractivity contribution is -0.137. The summed E-state index contributed by atoms with van der Waals surface area (Å²) in [5, 5.41) is 11.8. The Balaban J connectivity index is 2.39. The molecule has 0 atom stereocenters. The van der Waals surface area contributed by atoms with Gasteiger partial charge in [0.2, 0.25) is 0 Å². The normalized spacial score (nSPS) is 11.8. The zero-order chi connectivity index (χ0) is 17.0. The molecule has 0 unspecified atom stereocenters. The van der Waals surface area contributed by atoms with Crippen molar-refractivity contribution >= 4 is 5.82 Å². The number of benzene rings is 1. The van der Waals surface area contributed by atoms with Crippen LogP contribution in [0.2, 0.25) is 0 Å². The quantitative estimate of drug-likeness (QED) is 0.880. The molecule has 2 aromatic rings. The molecule has 0 spiro atoms. The Morgan fingerprint density at radius 1 is 1.13 bits per heavy atom. The van der Waals surface area contributed by atoms with Gasteiger partial charge in [0.25, 0.3) is 0 Å². The Labute approximate surface area is 132 Å². The van der Waals surface area contributed by atoms with E-state index >= 15 is 0 Å². The van der Waals surface area contributed by atoms with Crippen LogP contribution in [0.25, 0.3) is 11.3 Å². The highest BCUT2D eigenvalue weighted by Gasteiger charge is 2.30. The minimum absolute atomic E-state index is 0.0450. The third kappa shape index (κ3) is 4.41. The van der Waals surface area contributed by atoms with Crippen LogP contribution >= 0.6 is 0 Å². The van der Waals surface area contributed by atoms with Gasteiger partial charge in [0, 0.05) is 24.1 Å². The van der Waals surface area contributed by atoms with Gasteiger partial charge < -0.3 is 10.4 Å². The van der Waals surface area contributed by atoms with Gasteiger partial charge in [-0.25, -0.2) is 9.97 Å². The largest absolute Gasteiger partial charge is 0.416 e. The minimum atomic E-state index is -4.36. The molecule has 0 aliphatic rings. The molecule has 2 rings (SSSR count). The Hall–Kier alpha value is -2.15. The summed E-state index contributed by atoms with van der Waals surface area (Å²) in [6.45, 7) is 4.15. The van der Waals surface area contributed by atoms with Crippen LogP contribution in [0.4, 0.5) is 19.0 Å². The predicted octanol–water partition coefficient (Wildman–Crippen LogP) is 3.69. The molecule has 4 nitrogen and oxygen atoms in total. The first-order chi connectivity index (χ1) is 10.8. The van der Waals surface area contributed by atoms with Crippen molar-refractivity contribution < 1.29 is 18.3 Å². The van der Waals surface area contributed by atoms with Gasteiger partial charge in [-0.15, -0.1) is 0 Å². The van der Waals surface area contributed by atoms with Gasteiger partial charge in [-0.3, -0.25) is 0 Å². The van der Waals surface area contributed by atoms with Crippen molar-refractivity contribution in [3.05, 3.63) is 41.7 Å². The summed E-state index contributed by atoms with van der Waals surface area (Å²) < 4.78 is 37.9. The summed E-state index contributed by atoms with van der Waals surface area (Å²) in [5.41, 5.74) is 0.422. The molecule has 23 heavy (non-hydrogen) atoms. The molecule has 1 heterocycles. The molecule has 1 aromatic heterocycles. The van der Waals surface area contributed by atoms with Crippen molar-refractivity contribution in [2.24, 2.45) is 0 Å². The van der Waals surface area contributed by atoms with Gasteiger partial charge in [0.05, 0.1) is 17.9 Å². The van der Waals surface area contributed by atoms with Crippen molar-refractivity contribution in [1.29, 1.82) is 0 Å². The van der Waals surface area contributed by atoms with Crippen molar-refractivity contribution in [1.82, 2.24) is 9.97 Å². The summed E-state index contributed by atoms with van der Waals surface area (Å²) in [5.74, 6) is 1.19. The molecular weight excluding hydrogens is 307 g/mol. The first-order valence-electron chi connectivity index (χ1n) is 7.22. The smallest absolute Gasteiger partial charge is 0.395 e. The van der Waals surface area contributed by atoms with Crippen LogP contribution in [0.3, 0.4) is 0 Å². The molecule has 0 radical (unpaired) electrons. The Morgan fingerprint density at radius 3 is 2.30 bits per heavy atom. The number of nitrogens with one attached hydrogen (secondary N) is 1. The van der Waals surface area contributed by atoms with Crippen LogP contribution in [0.15, 0.2) is 30.3 Å². The zero-order valence-corrected chi connectivity index (χ0v) is 12.9. The summed E-state index contributed by atoms with van der Waals surface area (Å²) in [6.07, 6.45) is -4.36. The van der Waals surface area contributed by atoms with Crippen molar-refractivity contribution in [3.8, 4) is 11.3 Å². The van der Waals surface area contributed by atoms with Crippen molar-refractivity contribution in [2.45, 2.75) is 25.9 Å². The van der Waals surface area contributed by atoms with Crippen LogP contribution in [-0.2, 0) is 6.18 Å². The number of aromatic nitrogens is 2. The highest BCUT2D eigenvalue weighted by atomic mass is 19.4.